The van der Waals surface area contributed by atoms with Crippen LogP contribution in [0.15, 0.2) is 11.6 Å². The van der Waals surface area contributed by atoms with Crippen LogP contribution in [0.4, 0.5) is 0 Å². The molecule has 0 fully saturated rings. The fourth-order valence-electron chi connectivity index (χ4n) is 0.509. The van der Waals surface area contributed by atoms with Gasteiger partial charge in [0, 0.05) is 12.1 Å². The molecule has 1 N–H and O–H groups in total. The van der Waals surface area contributed by atoms with Crippen molar-refractivity contribution in [2.75, 3.05) is 6.54 Å². The molecule has 0 bridgehead atoms. The van der Waals surface area contributed by atoms with Crippen molar-refractivity contribution >= 4 is 5.91 Å². The molecule has 0 aliphatic rings. The third kappa shape index (κ3) is 3.28. The van der Waals surface area contributed by atoms with Crippen LogP contribution in [-0.2, 0) is 4.79 Å². The maximum atomic E-state index is 11.0. The van der Waals surface area contributed by atoms with E-state index in [2.05, 4.69) is 5.32 Å². The highest BCUT2D eigenvalue weighted by atomic mass is 16.1. The number of carbonyl (C=O) groups excluding carboxylic acids is 1. The molecule has 0 unspecified atom stereocenters. The summed E-state index contributed by atoms with van der Waals surface area (Å²) in [5, 5.41) is 2.78. The monoisotopic (exact) mass is 141 g/mol. The summed E-state index contributed by atoms with van der Waals surface area (Å²) in [6, 6.07) is 0. The third-order valence-corrected chi connectivity index (χ3v) is 1.33. The van der Waals surface area contributed by atoms with Gasteiger partial charge < -0.3 is 5.32 Å². The molecule has 0 aliphatic heterocycles. The lowest BCUT2D eigenvalue weighted by molar-refractivity contribution is -0.117. The average Bonchev–Trinajstić information content (AvgIpc) is 1.98. The van der Waals surface area contributed by atoms with E-state index in [1.807, 2.05) is 26.8 Å². The Labute approximate surface area is 62.3 Å². The molecule has 0 saturated heterocycles. The molecule has 0 rings (SSSR count). The molecule has 0 heterocycles. The van der Waals surface area contributed by atoms with Gasteiger partial charge in [-0.1, -0.05) is 13.0 Å². The maximum absolute atomic E-state index is 11.0. The van der Waals surface area contributed by atoms with E-state index in [9.17, 15) is 4.79 Å². The number of hydrogen-bond donors (Lipinski definition) is 1. The molecule has 10 heavy (non-hydrogen) atoms. The fraction of sp³-hybridized carbons (Fsp3) is 0.625. The molecule has 0 aromatic heterocycles. The van der Waals surface area contributed by atoms with E-state index in [4.69, 9.17) is 0 Å². The summed E-state index contributed by atoms with van der Waals surface area (Å²) in [5.41, 5.74) is 0.786. The van der Waals surface area contributed by atoms with E-state index in [1.54, 1.807) is 0 Å². The topological polar surface area (TPSA) is 29.1 Å². The molecule has 2 nitrogen and oxygen atoms in total. The van der Waals surface area contributed by atoms with Gasteiger partial charge in [0.2, 0.25) is 5.91 Å². The zero-order chi connectivity index (χ0) is 7.98. The SMILES string of the molecule is CC=C(C)C(=O)NCCC. The summed E-state index contributed by atoms with van der Waals surface area (Å²) in [6.45, 7) is 6.47. The maximum Gasteiger partial charge on any atom is 0.246 e. The number of rotatable bonds is 3. The highest BCUT2D eigenvalue weighted by molar-refractivity contribution is 5.92. The molecular formula is C8H15NO. The largest absolute Gasteiger partial charge is 0.352 e. The summed E-state index contributed by atoms with van der Waals surface area (Å²) in [6.07, 6.45) is 2.80. The van der Waals surface area contributed by atoms with Crippen LogP contribution in [0, 0.1) is 0 Å². The molecule has 2 heteroatoms. The van der Waals surface area contributed by atoms with Gasteiger partial charge in [-0.2, -0.15) is 0 Å². The number of carbonyl (C=O) groups is 1. The summed E-state index contributed by atoms with van der Waals surface area (Å²) in [5.74, 6) is 0.0457. The van der Waals surface area contributed by atoms with Gasteiger partial charge in [0.25, 0.3) is 0 Å². The number of hydrogen-bond acceptors (Lipinski definition) is 1. The van der Waals surface area contributed by atoms with Crippen molar-refractivity contribution < 1.29 is 4.79 Å². The Morgan fingerprint density at radius 3 is 2.60 bits per heavy atom. The molecule has 1 amide bonds. The number of amides is 1. The molecule has 0 spiro atoms. The highest BCUT2D eigenvalue weighted by Crippen LogP contribution is 1.89. The Hall–Kier alpha value is -0.790. The Morgan fingerprint density at radius 1 is 1.60 bits per heavy atom. The number of nitrogens with one attached hydrogen (secondary N) is 1. The second-order valence-electron chi connectivity index (χ2n) is 2.23. The Bertz CT molecular complexity index is 138. The van der Waals surface area contributed by atoms with Crippen LogP contribution in [-0.4, -0.2) is 12.5 Å². The van der Waals surface area contributed by atoms with E-state index >= 15 is 0 Å². The molecule has 0 aromatic carbocycles. The van der Waals surface area contributed by atoms with Crippen molar-refractivity contribution in [3.63, 3.8) is 0 Å². The Balaban J connectivity index is 3.63. The molecule has 0 saturated carbocycles. The minimum absolute atomic E-state index is 0.0457. The van der Waals surface area contributed by atoms with E-state index in [0.717, 1.165) is 18.5 Å². The van der Waals surface area contributed by atoms with Crippen molar-refractivity contribution in [3.8, 4) is 0 Å². The smallest absolute Gasteiger partial charge is 0.246 e. The van der Waals surface area contributed by atoms with Crippen molar-refractivity contribution in [1.82, 2.24) is 5.32 Å². The van der Waals surface area contributed by atoms with Crippen LogP contribution < -0.4 is 5.32 Å². The van der Waals surface area contributed by atoms with Crippen LogP contribution in [0.1, 0.15) is 27.2 Å². The molecule has 0 radical (unpaired) electrons. The van der Waals surface area contributed by atoms with Gasteiger partial charge in [-0.05, 0) is 20.3 Å². The first-order valence-electron chi connectivity index (χ1n) is 3.63. The Kier molecular flexibility index (Phi) is 4.63. The minimum Gasteiger partial charge on any atom is -0.352 e. The van der Waals surface area contributed by atoms with Gasteiger partial charge >= 0.3 is 0 Å². The Morgan fingerprint density at radius 2 is 2.20 bits per heavy atom. The molecular weight excluding hydrogens is 126 g/mol. The predicted molar refractivity (Wildman–Crippen MR) is 42.7 cm³/mol. The predicted octanol–water partition coefficient (Wildman–Crippen LogP) is 1.48. The lowest BCUT2D eigenvalue weighted by Gasteiger charge is -2.01. The zero-order valence-corrected chi connectivity index (χ0v) is 6.90. The fourth-order valence-corrected chi connectivity index (χ4v) is 0.509. The first kappa shape index (κ1) is 9.21. The van der Waals surface area contributed by atoms with Crippen LogP contribution >= 0.6 is 0 Å². The average molecular weight is 141 g/mol. The van der Waals surface area contributed by atoms with Crippen LogP contribution in [0.2, 0.25) is 0 Å². The minimum atomic E-state index is 0.0457. The van der Waals surface area contributed by atoms with E-state index in [0.29, 0.717) is 0 Å². The van der Waals surface area contributed by atoms with Gasteiger partial charge in [-0.25, -0.2) is 0 Å². The van der Waals surface area contributed by atoms with E-state index < -0.39 is 0 Å². The first-order valence-corrected chi connectivity index (χ1v) is 3.63. The molecule has 0 aromatic rings. The van der Waals surface area contributed by atoms with Gasteiger partial charge in [0.15, 0.2) is 0 Å². The summed E-state index contributed by atoms with van der Waals surface area (Å²) in [7, 11) is 0. The normalized spacial score (nSPS) is 11.3. The van der Waals surface area contributed by atoms with Gasteiger partial charge in [-0.3, -0.25) is 4.79 Å². The van der Waals surface area contributed by atoms with Gasteiger partial charge in [0.1, 0.15) is 0 Å². The standard InChI is InChI=1S/C8H15NO/c1-4-6-9-8(10)7(3)5-2/h5H,4,6H2,1-3H3,(H,9,10). The molecule has 58 valence electrons. The van der Waals surface area contributed by atoms with Crippen molar-refractivity contribution in [2.24, 2.45) is 0 Å². The third-order valence-electron chi connectivity index (χ3n) is 1.33. The molecule has 0 aliphatic carbocycles. The van der Waals surface area contributed by atoms with Gasteiger partial charge in [0.05, 0.1) is 0 Å². The van der Waals surface area contributed by atoms with Crippen LogP contribution in [0.5, 0.6) is 0 Å². The van der Waals surface area contributed by atoms with Crippen molar-refractivity contribution in [1.29, 1.82) is 0 Å². The van der Waals surface area contributed by atoms with Crippen molar-refractivity contribution in [3.05, 3.63) is 11.6 Å². The highest BCUT2D eigenvalue weighted by Gasteiger charge is 1.98. The summed E-state index contributed by atoms with van der Waals surface area (Å²) in [4.78, 5) is 11.0. The van der Waals surface area contributed by atoms with E-state index in [1.165, 1.54) is 0 Å². The lowest BCUT2D eigenvalue weighted by Crippen LogP contribution is -2.24. The first-order chi connectivity index (χ1) is 4.72. The zero-order valence-electron chi connectivity index (χ0n) is 6.90. The molecule has 0 atom stereocenters. The van der Waals surface area contributed by atoms with Crippen LogP contribution in [0.25, 0.3) is 0 Å². The van der Waals surface area contributed by atoms with E-state index in [-0.39, 0.29) is 5.91 Å². The second kappa shape index (κ2) is 5.03. The van der Waals surface area contributed by atoms with Crippen LogP contribution in [0.3, 0.4) is 0 Å². The summed E-state index contributed by atoms with van der Waals surface area (Å²) < 4.78 is 0. The van der Waals surface area contributed by atoms with Crippen molar-refractivity contribution in [2.45, 2.75) is 27.2 Å². The summed E-state index contributed by atoms with van der Waals surface area (Å²) >= 11 is 0. The van der Waals surface area contributed by atoms with Gasteiger partial charge in [-0.15, -0.1) is 0 Å². The number of allylic oxidation sites excluding steroid dienone is 1. The lowest BCUT2D eigenvalue weighted by atomic mass is 10.3. The quantitative estimate of drug-likeness (QED) is 0.592. The second-order valence-corrected chi connectivity index (χ2v) is 2.23.